The maximum Gasteiger partial charge on any atom is 0.0981 e. The number of nitrogens with zero attached hydrogens (tertiary/aromatic N) is 1. The van der Waals surface area contributed by atoms with Gasteiger partial charge in [-0.05, 0) is 18.9 Å². The molecular weight excluding hydrogens is 244 g/mol. The molecule has 0 saturated heterocycles. The van der Waals surface area contributed by atoms with Gasteiger partial charge in [0.2, 0.25) is 0 Å². The fourth-order valence-electron chi connectivity index (χ4n) is 1.77. The van der Waals surface area contributed by atoms with Gasteiger partial charge in [-0.1, -0.05) is 34.1 Å². The first kappa shape index (κ1) is 15.6. The number of nitrogens with one attached hydrogen (secondary N) is 1. The van der Waals surface area contributed by atoms with Gasteiger partial charge in [0.25, 0.3) is 0 Å². The number of hydrogen-bond acceptors (Lipinski definition) is 4. The summed E-state index contributed by atoms with van der Waals surface area (Å²) < 4.78 is 0. The highest BCUT2D eigenvalue weighted by Gasteiger charge is 2.17. The molecule has 18 heavy (non-hydrogen) atoms. The van der Waals surface area contributed by atoms with Gasteiger partial charge in [-0.2, -0.15) is 0 Å². The molecule has 0 amide bonds. The van der Waals surface area contributed by atoms with E-state index < -0.39 is 0 Å². The van der Waals surface area contributed by atoms with E-state index in [2.05, 4.69) is 38.0 Å². The zero-order valence-corrected chi connectivity index (χ0v) is 12.8. The van der Waals surface area contributed by atoms with Crippen molar-refractivity contribution in [2.24, 2.45) is 5.92 Å². The van der Waals surface area contributed by atoms with Crippen LogP contribution in [0.5, 0.6) is 0 Å². The maximum absolute atomic E-state index is 8.94. The highest BCUT2D eigenvalue weighted by molar-refractivity contribution is 7.11. The van der Waals surface area contributed by atoms with E-state index in [0.29, 0.717) is 5.92 Å². The summed E-state index contributed by atoms with van der Waals surface area (Å²) in [5.41, 5.74) is 0.145. The van der Waals surface area contributed by atoms with Gasteiger partial charge >= 0.3 is 0 Å². The van der Waals surface area contributed by atoms with Gasteiger partial charge in [0.05, 0.1) is 5.01 Å². The Morgan fingerprint density at radius 1 is 1.44 bits per heavy atom. The number of aromatic nitrogens is 1. The molecule has 0 aliphatic heterocycles. The monoisotopic (exact) mass is 270 g/mol. The minimum atomic E-state index is 0.145. The Morgan fingerprint density at radius 2 is 2.17 bits per heavy atom. The van der Waals surface area contributed by atoms with Gasteiger partial charge < -0.3 is 10.4 Å². The lowest BCUT2D eigenvalue weighted by molar-refractivity contribution is 0.251. The standard InChI is InChI=1S/C14H26N2OS/c1-5-11(6-7-17)8-15-9-12-10-16-13(18-12)14(2,3)4/h10-11,15,17H,5-9H2,1-4H3/t11-/m0/s1. The van der Waals surface area contributed by atoms with E-state index in [1.54, 1.807) is 11.3 Å². The van der Waals surface area contributed by atoms with Crippen LogP contribution in [0.3, 0.4) is 0 Å². The Bertz CT molecular complexity index is 344. The number of rotatable bonds is 7. The van der Waals surface area contributed by atoms with Crippen LogP contribution in [0.2, 0.25) is 0 Å². The fraction of sp³-hybridized carbons (Fsp3) is 0.786. The molecule has 0 spiro atoms. The van der Waals surface area contributed by atoms with E-state index in [-0.39, 0.29) is 12.0 Å². The van der Waals surface area contributed by atoms with Crippen LogP contribution in [0.25, 0.3) is 0 Å². The first-order valence-electron chi connectivity index (χ1n) is 6.74. The van der Waals surface area contributed by atoms with Gasteiger partial charge in [-0.25, -0.2) is 4.98 Å². The van der Waals surface area contributed by atoms with Crippen LogP contribution in [0, 0.1) is 5.92 Å². The summed E-state index contributed by atoms with van der Waals surface area (Å²) in [6.07, 6.45) is 3.98. The molecule has 1 atom stereocenters. The highest BCUT2D eigenvalue weighted by Crippen LogP contribution is 2.26. The first-order valence-corrected chi connectivity index (χ1v) is 7.55. The summed E-state index contributed by atoms with van der Waals surface area (Å²) in [6.45, 7) is 10.9. The largest absolute Gasteiger partial charge is 0.396 e. The molecule has 1 aromatic heterocycles. The topological polar surface area (TPSA) is 45.1 Å². The molecule has 1 aromatic rings. The van der Waals surface area contributed by atoms with Crippen molar-refractivity contribution in [3.8, 4) is 0 Å². The number of hydrogen-bond donors (Lipinski definition) is 2. The van der Waals surface area contributed by atoms with Gasteiger partial charge in [0, 0.05) is 29.6 Å². The molecule has 0 fully saturated rings. The van der Waals surface area contributed by atoms with E-state index in [9.17, 15) is 0 Å². The summed E-state index contributed by atoms with van der Waals surface area (Å²) >= 11 is 1.79. The molecule has 0 unspecified atom stereocenters. The second-order valence-corrected chi connectivity index (χ2v) is 6.91. The van der Waals surface area contributed by atoms with Crippen LogP contribution < -0.4 is 5.32 Å². The quantitative estimate of drug-likeness (QED) is 0.800. The smallest absolute Gasteiger partial charge is 0.0981 e. The zero-order valence-electron chi connectivity index (χ0n) is 12.0. The molecule has 0 bridgehead atoms. The van der Waals surface area contributed by atoms with E-state index in [1.807, 2.05) is 6.20 Å². The second kappa shape index (κ2) is 7.22. The lowest BCUT2D eigenvalue weighted by Crippen LogP contribution is -2.22. The summed E-state index contributed by atoms with van der Waals surface area (Å²) in [7, 11) is 0. The lowest BCUT2D eigenvalue weighted by atomic mass is 9.98. The summed E-state index contributed by atoms with van der Waals surface area (Å²) in [6, 6.07) is 0. The van der Waals surface area contributed by atoms with Crippen LogP contribution in [-0.4, -0.2) is 23.2 Å². The third-order valence-corrected chi connectivity index (χ3v) is 4.47. The Kier molecular flexibility index (Phi) is 6.26. The molecule has 3 nitrogen and oxygen atoms in total. The van der Waals surface area contributed by atoms with Crippen molar-refractivity contribution in [1.82, 2.24) is 10.3 Å². The minimum absolute atomic E-state index is 0.145. The van der Waals surface area contributed by atoms with Crippen LogP contribution >= 0.6 is 11.3 Å². The Labute approximate surface area is 115 Å². The summed E-state index contributed by atoms with van der Waals surface area (Å²) in [4.78, 5) is 5.77. The molecule has 2 N–H and O–H groups in total. The second-order valence-electron chi connectivity index (χ2n) is 5.80. The molecule has 0 aromatic carbocycles. The summed E-state index contributed by atoms with van der Waals surface area (Å²) in [5.74, 6) is 0.574. The molecule has 4 heteroatoms. The molecule has 0 radical (unpaired) electrons. The van der Waals surface area contributed by atoms with Gasteiger partial charge in [0.1, 0.15) is 0 Å². The summed E-state index contributed by atoms with van der Waals surface area (Å²) in [5, 5.41) is 13.6. The van der Waals surface area contributed by atoms with Gasteiger partial charge in [-0.15, -0.1) is 11.3 Å². The lowest BCUT2D eigenvalue weighted by Gasteiger charge is -2.14. The molecule has 1 heterocycles. The number of aliphatic hydroxyl groups is 1. The molecular formula is C14H26N2OS. The van der Waals surface area contributed by atoms with Crippen molar-refractivity contribution < 1.29 is 5.11 Å². The zero-order chi connectivity index (χ0) is 13.6. The molecule has 0 aliphatic carbocycles. The van der Waals surface area contributed by atoms with Crippen molar-refractivity contribution in [2.45, 2.75) is 52.5 Å². The predicted octanol–water partition coefficient (Wildman–Crippen LogP) is 2.94. The minimum Gasteiger partial charge on any atom is -0.396 e. The van der Waals surface area contributed by atoms with Crippen LogP contribution in [0.15, 0.2) is 6.20 Å². The Morgan fingerprint density at radius 3 is 2.67 bits per heavy atom. The third kappa shape index (κ3) is 5.04. The van der Waals surface area contributed by atoms with Crippen molar-refractivity contribution >= 4 is 11.3 Å². The van der Waals surface area contributed by atoms with Crippen LogP contribution in [0.1, 0.15) is 50.4 Å². The van der Waals surface area contributed by atoms with E-state index in [0.717, 1.165) is 25.9 Å². The molecule has 0 saturated carbocycles. The number of thiazole rings is 1. The average Bonchev–Trinajstić information content (AvgIpc) is 2.76. The van der Waals surface area contributed by atoms with Crippen LogP contribution in [0.4, 0.5) is 0 Å². The Hall–Kier alpha value is -0.450. The SMILES string of the molecule is CC[C@@H](CCO)CNCc1cnc(C(C)(C)C)s1. The third-order valence-electron chi connectivity index (χ3n) is 3.04. The van der Waals surface area contributed by atoms with E-state index in [1.165, 1.54) is 9.88 Å². The van der Waals surface area contributed by atoms with E-state index >= 15 is 0 Å². The van der Waals surface area contributed by atoms with Crippen molar-refractivity contribution in [3.05, 3.63) is 16.1 Å². The maximum atomic E-state index is 8.94. The Balaban J connectivity index is 2.37. The van der Waals surface area contributed by atoms with Crippen LogP contribution in [-0.2, 0) is 12.0 Å². The highest BCUT2D eigenvalue weighted by atomic mass is 32.1. The molecule has 1 rings (SSSR count). The van der Waals surface area contributed by atoms with Gasteiger partial charge in [0.15, 0.2) is 0 Å². The van der Waals surface area contributed by atoms with E-state index in [4.69, 9.17) is 5.11 Å². The van der Waals surface area contributed by atoms with Gasteiger partial charge in [-0.3, -0.25) is 0 Å². The van der Waals surface area contributed by atoms with Crippen molar-refractivity contribution in [1.29, 1.82) is 0 Å². The molecule has 104 valence electrons. The average molecular weight is 270 g/mol. The fourth-order valence-corrected chi connectivity index (χ4v) is 2.71. The molecule has 0 aliphatic rings. The predicted molar refractivity (Wildman–Crippen MR) is 78.0 cm³/mol. The van der Waals surface area contributed by atoms with Crippen molar-refractivity contribution in [3.63, 3.8) is 0 Å². The van der Waals surface area contributed by atoms with Crippen molar-refractivity contribution in [2.75, 3.05) is 13.2 Å². The number of aliphatic hydroxyl groups excluding tert-OH is 1. The normalized spacial score (nSPS) is 13.8. The first-order chi connectivity index (χ1) is 8.47.